The molecule has 33 heavy (non-hydrogen) atoms. The highest BCUT2D eigenvalue weighted by Gasteiger charge is 2.60. The summed E-state index contributed by atoms with van der Waals surface area (Å²) in [5.41, 5.74) is 2.33. The molecule has 1 fully saturated rings. The highest BCUT2D eigenvalue weighted by molar-refractivity contribution is 5.93. The van der Waals surface area contributed by atoms with Crippen LogP contribution < -0.4 is 9.47 Å². The topological polar surface area (TPSA) is 72.5 Å². The second-order valence-electron chi connectivity index (χ2n) is 8.68. The summed E-state index contributed by atoms with van der Waals surface area (Å²) in [4.78, 5) is 11.9. The van der Waals surface area contributed by atoms with Crippen LogP contribution >= 0.6 is 0 Å². The quantitative estimate of drug-likeness (QED) is 0.197. The third-order valence-corrected chi connectivity index (χ3v) is 5.47. The van der Waals surface area contributed by atoms with Gasteiger partial charge in [-0.3, -0.25) is 0 Å². The Balaban J connectivity index is 1.81. The van der Waals surface area contributed by atoms with E-state index in [2.05, 4.69) is 0 Å². The molecule has 3 rings (SSSR count). The minimum atomic E-state index is -1.06. The highest BCUT2D eigenvalue weighted by Crippen LogP contribution is 2.46. The number of esters is 1. The zero-order valence-electron chi connectivity index (χ0n) is 20.3. The van der Waals surface area contributed by atoms with E-state index in [9.17, 15) is 4.79 Å². The molecule has 2 aliphatic heterocycles. The predicted octanol–water partition coefficient (Wildman–Crippen LogP) is 4.93. The van der Waals surface area contributed by atoms with Crippen molar-refractivity contribution < 1.29 is 33.2 Å². The van der Waals surface area contributed by atoms with E-state index in [1.807, 2.05) is 71.0 Å². The van der Waals surface area contributed by atoms with Crippen LogP contribution in [-0.2, 0) is 23.7 Å². The second-order valence-corrected chi connectivity index (χ2v) is 8.68. The van der Waals surface area contributed by atoms with Gasteiger partial charge in [-0.05, 0) is 64.0 Å². The molecule has 0 saturated carbocycles. The molecule has 178 valence electrons. The van der Waals surface area contributed by atoms with Gasteiger partial charge in [0.2, 0.25) is 0 Å². The van der Waals surface area contributed by atoms with E-state index >= 15 is 0 Å². The van der Waals surface area contributed by atoms with Gasteiger partial charge in [-0.15, -0.1) is 0 Å². The summed E-state index contributed by atoms with van der Waals surface area (Å²) in [6.07, 6.45) is 8.33. The Kier molecular flexibility index (Phi) is 7.34. The molecule has 7 nitrogen and oxygen atoms in total. The van der Waals surface area contributed by atoms with Crippen molar-refractivity contribution >= 4 is 12.0 Å². The fraction of sp³-hybridized carbons (Fsp3) is 0.423. The van der Waals surface area contributed by atoms with Crippen molar-refractivity contribution in [1.82, 2.24) is 0 Å². The number of allylic oxidation sites excluding steroid dienone is 3. The van der Waals surface area contributed by atoms with Crippen LogP contribution in [0.1, 0.15) is 40.2 Å². The second kappa shape index (κ2) is 9.85. The summed E-state index contributed by atoms with van der Waals surface area (Å²) in [6, 6.07) is 5.67. The first kappa shape index (κ1) is 24.6. The van der Waals surface area contributed by atoms with Crippen LogP contribution in [0.3, 0.4) is 0 Å². The van der Waals surface area contributed by atoms with Crippen LogP contribution in [0, 0.1) is 0 Å². The van der Waals surface area contributed by atoms with Gasteiger partial charge in [-0.25, -0.2) is 4.79 Å². The van der Waals surface area contributed by atoms with Crippen molar-refractivity contribution in [3.63, 3.8) is 0 Å². The van der Waals surface area contributed by atoms with Crippen LogP contribution in [0.15, 0.2) is 59.4 Å². The molecule has 1 spiro atoms. The van der Waals surface area contributed by atoms with Crippen LogP contribution in [0.4, 0.5) is 0 Å². The molecule has 0 aromatic heterocycles. The molecule has 2 heterocycles. The summed E-state index contributed by atoms with van der Waals surface area (Å²) < 4.78 is 34.4. The summed E-state index contributed by atoms with van der Waals surface area (Å²) in [5.74, 6) is -0.300. The smallest absolute Gasteiger partial charge is 0.341 e. The molecule has 1 aromatic carbocycles. The number of hydrogen-bond acceptors (Lipinski definition) is 7. The first-order chi connectivity index (χ1) is 15.6. The number of carbonyl (C=O) groups is 1. The molecule has 7 heteroatoms. The lowest BCUT2D eigenvalue weighted by Crippen LogP contribution is -2.58. The fourth-order valence-corrected chi connectivity index (χ4v) is 3.56. The van der Waals surface area contributed by atoms with Gasteiger partial charge < -0.3 is 28.4 Å². The molecule has 2 atom stereocenters. The van der Waals surface area contributed by atoms with E-state index in [4.69, 9.17) is 28.4 Å². The third-order valence-electron chi connectivity index (χ3n) is 5.47. The van der Waals surface area contributed by atoms with Crippen molar-refractivity contribution in [3.05, 3.63) is 65.0 Å². The van der Waals surface area contributed by atoms with Gasteiger partial charge in [-0.2, -0.15) is 0 Å². The molecule has 0 bridgehead atoms. The van der Waals surface area contributed by atoms with Crippen molar-refractivity contribution in [2.24, 2.45) is 0 Å². The molecule has 0 radical (unpaired) electrons. The normalized spacial score (nSPS) is 24.2. The Morgan fingerprint density at radius 1 is 1.12 bits per heavy atom. The Labute approximate surface area is 195 Å². The lowest BCUT2D eigenvalue weighted by Gasteiger charge is -2.40. The van der Waals surface area contributed by atoms with Gasteiger partial charge in [-0.1, -0.05) is 29.9 Å². The number of hydrogen-bond donors (Lipinski definition) is 0. The maximum atomic E-state index is 11.9. The monoisotopic (exact) mass is 456 g/mol. The molecule has 1 saturated heterocycles. The number of carbonyl (C=O) groups excluding carboxylic acids is 1. The minimum Gasteiger partial charge on any atom is -0.503 e. The zero-order valence-corrected chi connectivity index (χ0v) is 20.3. The molecule has 0 aliphatic carbocycles. The van der Waals surface area contributed by atoms with E-state index in [1.54, 1.807) is 6.08 Å². The van der Waals surface area contributed by atoms with Gasteiger partial charge in [0.25, 0.3) is 5.79 Å². The SMILES string of the molecule is CO\C=C(C(=O)OC)/C(C)=C\C=C\c1ccc2c(c1)O[C@@]1(CO2)O[C@H](C=C(C)C)OC1(C)C. The molecular weight excluding hydrogens is 424 g/mol. The summed E-state index contributed by atoms with van der Waals surface area (Å²) in [7, 11) is 2.81. The lowest BCUT2D eigenvalue weighted by atomic mass is 9.97. The van der Waals surface area contributed by atoms with Crippen molar-refractivity contribution in [1.29, 1.82) is 0 Å². The number of rotatable bonds is 6. The average molecular weight is 457 g/mol. The number of fused-ring (bicyclic) bond motifs is 1. The van der Waals surface area contributed by atoms with Crippen molar-refractivity contribution in [2.75, 3.05) is 20.8 Å². The Bertz CT molecular complexity index is 1010. The number of methoxy groups -OCH3 is 2. The first-order valence-electron chi connectivity index (χ1n) is 10.7. The molecule has 0 unspecified atom stereocenters. The molecule has 1 aromatic rings. The summed E-state index contributed by atoms with van der Waals surface area (Å²) in [5, 5.41) is 0. The molecule has 0 amide bonds. The van der Waals surface area contributed by atoms with Crippen molar-refractivity contribution in [3.8, 4) is 11.5 Å². The molecule has 2 aliphatic rings. The minimum absolute atomic E-state index is 0.222. The highest BCUT2D eigenvalue weighted by atomic mass is 16.8. The van der Waals surface area contributed by atoms with Crippen LogP contribution in [0.25, 0.3) is 6.08 Å². The molecule has 0 N–H and O–H groups in total. The van der Waals surface area contributed by atoms with Gasteiger partial charge in [0, 0.05) is 0 Å². The lowest BCUT2D eigenvalue weighted by molar-refractivity contribution is -0.216. The number of benzene rings is 1. The van der Waals surface area contributed by atoms with E-state index in [1.165, 1.54) is 20.5 Å². The standard InChI is InChI=1S/C26H32O7/c1-17(2)13-23-32-25(4,5)26(33-23)16-30-21-12-11-19(14-22(21)31-26)10-8-9-18(3)20(15-28-6)24(27)29-7/h8-15,23H,16H2,1-7H3/b10-8+,18-9-,20-15+/t23-,26+/m1/s1. The zero-order chi connectivity index (χ0) is 24.2. The largest absolute Gasteiger partial charge is 0.503 e. The Morgan fingerprint density at radius 3 is 2.55 bits per heavy atom. The van der Waals surface area contributed by atoms with Gasteiger partial charge >= 0.3 is 5.97 Å². The Hall–Kier alpha value is -3.03. The maximum Gasteiger partial charge on any atom is 0.341 e. The van der Waals surface area contributed by atoms with E-state index in [0.29, 0.717) is 22.6 Å². The maximum absolute atomic E-state index is 11.9. The average Bonchev–Trinajstić information content (AvgIpc) is 2.98. The van der Waals surface area contributed by atoms with E-state index in [-0.39, 0.29) is 6.61 Å². The van der Waals surface area contributed by atoms with Crippen LogP contribution in [0.2, 0.25) is 0 Å². The predicted molar refractivity (Wildman–Crippen MR) is 125 cm³/mol. The van der Waals surface area contributed by atoms with Gasteiger partial charge in [0.05, 0.1) is 26.1 Å². The van der Waals surface area contributed by atoms with Crippen LogP contribution in [0.5, 0.6) is 11.5 Å². The third kappa shape index (κ3) is 5.31. The number of ether oxygens (including phenoxy) is 6. The summed E-state index contributed by atoms with van der Waals surface area (Å²) in [6.45, 7) is 9.88. The molecular formula is C26H32O7. The van der Waals surface area contributed by atoms with Crippen molar-refractivity contribution in [2.45, 2.75) is 52.3 Å². The Morgan fingerprint density at radius 2 is 1.88 bits per heavy atom. The summed E-state index contributed by atoms with van der Waals surface area (Å²) >= 11 is 0. The van der Waals surface area contributed by atoms with E-state index in [0.717, 1.165) is 11.1 Å². The van der Waals surface area contributed by atoms with Crippen LogP contribution in [-0.4, -0.2) is 44.5 Å². The van der Waals surface area contributed by atoms with E-state index < -0.39 is 23.6 Å². The van der Waals surface area contributed by atoms with Gasteiger partial charge in [0.15, 0.2) is 24.4 Å². The first-order valence-corrected chi connectivity index (χ1v) is 10.7. The fourth-order valence-electron chi connectivity index (χ4n) is 3.56. The van der Waals surface area contributed by atoms with Gasteiger partial charge in [0.1, 0.15) is 5.60 Å².